The van der Waals surface area contributed by atoms with Gasteiger partial charge >= 0.3 is 0 Å². The number of hydrogen-bond acceptors (Lipinski definition) is 12. The van der Waals surface area contributed by atoms with Gasteiger partial charge < -0.3 is 10.1 Å². The lowest BCUT2D eigenvalue weighted by Crippen LogP contribution is -2.43. The number of carbonyl (C=O) groups is 2. The Kier molecular flexibility index (Phi) is 9.17. The highest BCUT2D eigenvalue weighted by Gasteiger charge is 2.37. The van der Waals surface area contributed by atoms with Gasteiger partial charge in [-0.15, -0.1) is 0 Å². The number of benzene rings is 2. The number of carbonyl (C=O) groups excluding carboxylic acids is 2. The van der Waals surface area contributed by atoms with Crippen LogP contribution >= 0.6 is 23.3 Å². The van der Waals surface area contributed by atoms with Gasteiger partial charge in [0.05, 0.1) is 16.9 Å². The lowest BCUT2D eigenvalue weighted by molar-refractivity contribution is 0.0663. The van der Waals surface area contributed by atoms with Crippen LogP contribution in [0.25, 0.3) is 0 Å². The fourth-order valence-corrected chi connectivity index (χ4v) is 8.38. The van der Waals surface area contributed by atoms with Crippen molar-refractivity contribution in [2.75, 3.05) is 30.7 Å². The van der Waals surface area contributed by atoms with Gasteiger partial charge in [0.15, 0.2) is 11.6 Å². The number of sulfonamides is 1. The molecule has 1 saturated heterocycles. The van der Waals surface area contributed by atoms with Crippen LogP contribution in [0.5, 0.6) is 11.5 Å². The number of ether oxygens (including phenoxy) is 1. The fraction of sp³-hybridized carbons (Fsp3) is 0.212. The third-order valence-corrected chi connectivity index (χ3v) is 11.4. The van der Waals surface area contributed by atoms with Gasteiger partial charge in [0.25, 0.3) is 11.8 Å². The molecule has 2 aliphatic heterocycles. The summed E-state index contributed by atoms with van der Waals surface area (Å²) in [6.07, 6.45) is 4.57. The molecule has 7 rings (SSSR count). The topological polar surface area (TPSA) is 148 Å². The molecule has 0 unspecified atom stereocenters. The van der Waals surface area contributed by atoms with Crippen LogP contribution in [0, 0.1) is 0 Å². The highest BCUT2D eigenvalue weighted by Crippen LogP contribution is 2.37. The lowest BCUT2D eigenvalue weighted by Gasteiger charge is -2.30. The van der Waals surface area contributed by atoms with E-state index in [0.717, 1.165) is 14.8 Å². The number of imide groups is 1. The van der Waals surface area contributed by atoms with Crippen LogP contribution in [-0.4, -0.2) is 74.1 Å². The van der Waals surface area contributed by atoms with E-state index in [1.807, 2.05) is 54.6 Å². The molecule has 244 valence electrons. The third kappa shape index (κ3) is 6.94. The van der Waals surface area contributed by atoms with E-state index in [-0.39, 0.29) is 18.2 Å². The molecule has 0 saturated carbocycles. The Bertz CT molecular complexity index is 2020. The van der Waals surface area contributed by atoms with Crippen LogP contribution in [0.1, 0.15) is 45.3 Å². The molecule has 0 spiro atoms. The van der Waals surface area contributed by atoms with Gasteiger partial charge in [0.1, 0.15) is 16.6 Å². The first-order chi connectivity index (χ1) is 23.3. The predicted octanol–water partition coefficient (Wildman–Crippen LogP) is 5.82. The summed E-state index contributed by atoms with van der Waals surface area (Å²) >= 11 is 2.67. The average molecular weight is 700 g/mol. The zero-order chi connectivity index (χ0) is 33.1. The molecule has 5 aromatic rings. The molecule has 48 heavy (non-hydrogen) atoms. The number of aromatic nitrogens is 4. The molecule has 2 aliphatic rings. The Morgan fingerprint density at radius 3 is 2.33 bits per heavy atom. The standard InChI is InChI=1S/C33H29N7O5S3/c41-31-25-10-4-5-11-26(25)32(42)40(31)18-19-48(43,44)39-16-13-22(14-17-39)29-36-33(47-38-29)37-30-27(45-23-8-2-1-3-9-23)20-24(21-35-30)46-28-12-6-7-15-34-28/h1-12,15,20-22H,13-14,16-19H2,(H,35,36,37,38). The maximum Gasteiger partial charge on any atom is 0.261 e. The summed E-state index contributed by atoms with van der Waals surface area (Å²) in [4.78, 5) is 40.9. The molecule has 1 N–H and O–H groups in total. The molecular weight excluding hydrogens is 671 g/mol. The number of pyridine rings is 2. The average Bonchev–Trinajstić information content (AvgIpc) is 3.68. The van der Waals surface area contributed by atoms with Gasteiger partial charge in [-0.3, -0.25) is 14.5 Å². The predicted molar refractivity (Wildman–Crippen MR) is 181 cm³/mol. The Morgan fingerprint density at radius 1 is 0.917 bits per heavy atom. The molecule has 0 bridgehead atoms. The first-order valence-corrected chi connectivity index (χ1v) is 18.4. The van der Waals surface area contributed by atoms with E-state index in [9.17, 15) is 18.0 Å². The van der Waals surface area contributed by atoms with Gasteiger partial charge in [0, 0.05) is 60.4 Å². The van der Waals surface area contributed by atoms with Gasteiger partial charge in [-0.25, -0.2) is 27.7 Å². The molecule has 2 amide bonds. The SMILES string of the molecule is O=C1c2ccccc2C(=O)N1CCS(=O)(=O)N1CCC(c2nsc(Nc3ncc(Sc4ccccn4)cc3Oc3ccccc3)n2)CC1. The van der Waals surface area contributed by atoms with Crippen molar-refractivity contribution in [1.82, 2.24) is 28.5 Å². The van der Waals surface area contributed by atoms with E-state index in [4.69, 9.17) is 9.72 Å². The van der Waals surface area contributed by atoms with E-state index >= 15 is 0 Å². The Labute approximate surface area is 285 Å². The van der Waals surface area contributed by atoms with Crippen molar-refractivity contribution in [2.45, 2.75) is 28.7 Å². The number of para-hydroxylation sites is 1. The molecule has 15 heteroatoms. The first-order valence-electron chi connectivity index (χ1n) is 15.2. The number of nitrogens with zero attached hydrogens (tertiary/aromatic N) is 6. The lowest BCUT2D eigenvalue weighted by atomic mass is 9.98. The summed E-state index contributed by atoms with van der Waals surface area (Å²) < 4.78 is 38.6. The summed E-state index contributed by atoms with van der Waals surface area (Å²) in [7, 11) is -3.69. The molecule has 0 atom stereocenters. The Morgan fingerprint density at radius 2 is 1.62 bits per heavy atom. The van der Waals surface area contributed by atoms with Crippen molar-refractivity contribution in [3.8, 4) is 11.5 Å². The van der Waals surface area contributed by atoms with Crippen LogP contribution in [0.4, 0.5) is 10.9 Å². The van der Waals surface area contributed by atoms with Crippen molar-refractivity contribution in [3.63, 3.8) is 0 Å². The number of nitrogens with one attached hydrogen (secondary N) is 1. The van der Waals surface area contributed by atoms with Crippen LogP contribution in [-0.2, 0) is 10.0 Å². The zero-order valence-electron chi connectivity index (χ0n) is 25.4. The summed E-state index contributed by atoms with van der Waals surface area (Å²) in [6, 6.07) is 23.6. The molecule has 2 aromatic carbocycles. The number of amides is 2. The van der Waals surface area contributed by atoms with Crippen LogP contribution in [0.3, 0.4) is 0 Å². The van der Waals surface area contributed by atoms with E-state index < -0.39 is 21.8 Å². The van der Waals surface area contributed by atoms with Crippen molar-refractivity contribution < 1.29 is 22.7 Å². The first kappa shape index (κ1) is 31.9. The van der Waals surface area contributed by atoms with Crippen LogP contribution in [0.15, 0.2) is 101 Å². The van der Waals surface area contributed by atoms with Gasteiger partial charge in [-0.2, -0.15) is 4.37 Å². The smallest absolute Gasteiger partial charge is 0.261 e. The molecule has 1 fully saturated rings. The maximum atomic E-state index is 13.2. The summed E-state index contributed by atoms with van der Waals surface area (Å²) in [5.74, 6) is 1.01. The highest BCUT2D eigenvalue weighted by atomic mass is 32.2. The number of hydrogen-bond donors (Lipinski definition) is 1. The molecule has 12 nitrogen and oxygen atoms in total. The van der Waals surface area contributed by atoms with E-state index in [1.54, 1.807) is 36.7 Å². The minimum atomic E-state index is -3.69. The van der Waals surface area contributed by atoms with Crippen LogP contribution < -0.4 is 10.1 Å². The normalized spacial score (nSPS) is 15.5. The second-order valence-corrected chi connectivity index (χ2v) is 15.0. The number of fused-ring (bicyclic) bond motifs is 1. The summed E-state index contributed by atoms with van der Waals surface area (Å²) in [5, 5.41) is 4.62. The number of anilines is 2. The maximum absolute atomic E-state index is 13.2. The minimum Gasteiger partial charge on any atom is -0.453 e. The zero-order valence-corrected chi connectivity index (χ0v) is 27.9. The number of piperidine rings is 1. The van der Waals surface area contributed by atoms with E-state index in [0.29, 0.717) is 65.3 Å². The minimum absolute atomic E-state index is 0.0235. The van der Waals surface area contributed by atoms with Gasteiger partial charge in [-0.1, -0.05) is 48.2 Å². The molecule has 0 aliphatic carbocycles. The summed E-state index contributed by atoms with van der Waals surface area (Å²) in [5.41, 5.74) is 0.607. The molecule has 5 heterocycles. The van der Waals surface area contributed by atoms with E-state index in [2.05, 4.69) is 19.7 Å². The number of rotatable bonds is 11. The van der Waals surface area contributed by atoms with Crippen molar-refractivity contribution in [2.24, 2.45) is 0 Å². The van der Waals surface area contributed by atoms with Crippen molar-refractivity contribution >= 4 is 56.1 Å². The molecule has 0 radical (unpaired) electrons. The molecule has 3 aromatic heterocycles. The van der Waals surface area contributed by atoms with E-state index in [1.165, 1.54) is 27.6 Å². The quantitative estimate of drug-likeness (QED) is 0.166. The van der Waals surface area contributed by atoms with Crippen LogP contribution in [0.2, 0.25) is 0 Å². The Balaban J connectivity index is 0.980. The Hall–Kier alpha value is -4.70. The van der Waals surface area contributed by atoms with Crippen molar-refractivity contribution in [1.29, 1.82) is 0 Å². The molecular formula is C33H29N7O5S3. The third-order valence-electron chi connectivity index (χ3n) is 7.99. The highest BCUT2D eigenvalue weighted by molar-refractivity contribution is 7.99. The monoisotopic (exact) mass is 699 g/mol. The largest absolute Gasteiger partial charge is 0.453 e. The second-order valence-electron chi connectivity index (χ2n) is 11.1. The fourth-order valence-electron chi connectivity index (χ4n) is 5.52. The van der Waals surface area contributed by atoms with Gasteiger partial charge in [0.2, 0.25) is 15.2 Å². The second kappa shape index (κ2) is 13.8. The summed E-state index contributed by atoms with van der Waals surface area (Å²) in [6.45, 7) is 0.399. The van der Waals surface area contributed by atoms with Gasteiger partial charge in [-0.05, 0) is 49.2 Å². The van der Waals surface area contributed by atoms with Crippen molar-refractivity contribution in [3.05, 3.63) is 108 Å².